The SMILES string of the molecule is COc1c([C@@H]2CCCN2[C@@H](C)C(=O)Nc2ncccn2)c(C)nn1C. The van der Waals surface area contributed by atoms with Gasteiger partial charge in [0, 0.05) is 25.5 Å². The van der Waals surface area contributed by atoms with Crippen molar-refractivity contribution in [1.82, 2.24) is 24.6 Å². The Balaban J connectivity index is 1.80. The minimum absolute atomic E-state index is 0.112. The van der Waals surface area contributed by atoms with Crippen molar-refractivity contribution in [3.05, 3.63) is 29.7 Å². The number of methoxy groups -OCH3 is 1. The Bertz CT molecular complexity index is 745. The minimum atomic E-state index is -0.305. The molecule has 0 unspecified atom stereocenters. The Morgan fingerprint density at radius 1 is 1.40 bits per heavy atom. The zero-order chi connectivity index (χ0) is 18.0. The van der Waals surface area contributed by atoms with Crippen molar-refractivity contribution in [3.63, 3.8) is 0 Å². The zero-order valence-corrected chi connectivity index (χ0v) is 15.1. The lowest BCUT2D eigenvalue weighted by atomic mass is 10.0. The third-order valence-electron chi connectivity index (χ3n) is 4.71. The molecule has 2 aromatic rings. The van der Waals surface area contributed by atoms with Crippen LogP contribution in [0, 0.1) is 6.92 Å². The molecule has 2 aromatic heterocycles. The summed E-state index contributed by atoms with van der Waals surface area (Å²) in [6, 6.07) is 1.52. The smallest absolute Gasteiger partial charge is 0.243 e. The number of nitrogens with zero attached hydrogens (tertiary/aromatic N) is 5. The molecule has 1 N–H and O–H groups in total. The molecule has 1 aliphatic heterocycles. The van der Waals surface area contributed by atoms with E-state index >= 15 is 0 Å². The Labute approximate surface area is 147 Å². The van der Waals surface area contributed by atoms with Gasteiger partial charge in [-0.25, -0.2) is 14.6 Å². The van der Waals surface area contributed by atoms with Gasteiger partial charge in [0.2, 0.25) is 17.7 Å². The largest absolute Gasteiger partial charge is 0.481 e. The summed E-state index contributed by atoms with van der Waals surface area (Å²) in [6.07, 6.45) is 5.22. The average molecular weight is 344 g/mol. The van der Waals surface area contributed by atoms with Crippen molar-refractivity contribution in [2.24, 2.45) is 7.05 Å². The van der Waals surface area contributed by atoms with E-state index in [1.165, 1.54) is 0 Å². The molecule has 0 radical (unpaired) electrons. The number of anilines is 1. The van der Waals surface area contributed by atoms with E-state index in [0.717, 1.165) is 36.5 Å². The maximum Gasteiger partial charge on any atom is 0.243 e. The highest BCUT2D eigenvalue weighted by molar-refractivity contribution is 5.93. The van der Waals surface area contributed by atoms with Crippen molar-refractivity contribution in [2.75, 3.05) is 19.0 Å². The zero-order valence-electron chi connectivity index (χ0n) is 15.1. The van der Waals surface area contributed by atoms with Crippen molar-refractivity contribution in [3.8, 4) is 5.88 Å². The van der Waals surface area contributed by atoms with Crippen LogP contribution < -0.4 is 10.1 Å². The fourth-order valence-corrected chi connectivity index (χ4v) is 3.57. The first-order valence-corrected chi connectivity index (χ1v) is 8.44. The van der Waals surface area contributed by atoms with Crippen molar-refractivity contribution >= 4 is 11.9 Å². The number of amides is 1. The topological polar surface area (TPSA) is 85.2 Å². The summed E-state index contributed by atoms with van der Waals surface area (Å²) in [4.78, 5) is 22.9. The van der Waals surface area contributed by atoms with Crippen LogP contribution in [0.5, 0.6) is 5.88 Å². The number of aryl methyl sites for hydroxylation is 2. The standard InChI is InChI=1S/C17H24N6O2/c1-11-14(16(25-4)22(3)21-11)13-7-5-10-23(13)12(2)15(24)20-17-18-8-6-9-19-17/h6,8-9,12-13H,5,7,10H2,1-4H3,(H,18,19,20,24)/t12-,13-/m0/s1. The molecule has 1 saturated heterocycles. The molecule has 0 spiro atoms. The normalized spacial score (nSPS) is 19.0. The van der Waals surface area contributed by atoms with Crippen LogP contribution in [0.3, 0.4) is 0 Å². The summed E-state index contributed by atoms with van der Waals surface area (Å²) in [7, 11) is 3.53. The third-order valence-corrected chi connectivity index (χ3v) is 4.71. The van der Waals surface area contributed by atoms with Gasteiger partial charge in [0.15, 0.2) is 0 Å². The van der Waals surface area contributed by atoms with Gasteiger partial charge >= 0.3 is 0 Å². The average Bonchev–Trinajstić information content (AvgIpc) is 3.18. The molecule has 3 heterocycles. The van der Waals surface area contributed by atoms with Gasteiger partial charge in [0.1, 0.15) is 0 Å². The second-order valence-electron chi connectivity index (χ2n) is 6.27. The number of likely N-dealkylation sites (tertiary alicyclic amines) is 1. The Morgan fingerprint density at radius 2 is 2.12 bits per heavy atom. The number of carbonyl (C=O) groups excluding carboxylic acids is 1. The van der Waals surface area contributed by atoms with Crippen LogP contribution in [-0.2, 0) is 11.8 Å². The number of aromatic nitrogens is 4. The molecule has 2 atom stereocenters. The molecule has 25 heavy (non-hydrogen) atoms. The van der Waals surface area contributed by atoms with Crippen LogP contribution in [0.15, 0.2) is 18.5 Å². The van der Waals surface area contributed by atoms with Crippen LogP contribution in [0.2, 0.25) is 0 Å². The van der Waals surface area contributed by atoms with E-state index in [-0.39, 0.29) is 18.0 Å². The molecule has 0 aliphatic carbocycles. The van der Waals surface area contributed by atoms with Gasteiger partial charge in [0.05, 0.1) is 24.4 Å². The van der Waals surface area contributed by atoms with Crippen LogP contribution in [-0.4, -0.2) is 50.3 Å². The van der Waals surface area contributed by atoms with E-state index in [9.17, 15) is 4.79 Å². The van der Waals surface area contributed by atoms with Crippen LogP contribution in [0.4, 0.5) is 5.95 Å². The summed E-state index contributed by atoms with van der Waals surface area (Å²) in [6.45, 7) is 4.75. The fraction of sp³-hybridized carbons (Fsp3) is 0.529. The lowest BCUT2D eigenvalue weighted by Crippen LogP contribution is -2.42. The molecule has 1 amide bonds. The molecule has 0 saturated carbocycles. The summed E-state index contributed by atoms with van der Waals surface area (Å²) < 4.78 is 7.30. The molecular formula is C17H24N6O2. The Morgan fingerprint density at radius 3 is 2.80 bits per heavy atom. The number of hydrogen-bond acceptors (Lipinski definition) is 6. The maximum atomic E-state index is 12.6. The van der Waals surface area contributed by atoms with E-state index in [4.69, 9.17) is 4.74 Å². The number of nitrogens with one attached hydrogen (secondary N) is 1. The summed E-state index contributed by atoms with van der Waals surface area (Å²) in [5.74, 6) is 0.970. The lowest BCUT2D eigenvalue weighted by molar-refractivity contribution is -0.121. The first-order chi connectivity index (χ1) is 12.0. The second kappa shape index (κ2) is 7.18. The van der Waals surface area contributed by atoms with Crippen molar-refractivity contribution < 1.29 is 9.53 Å². The van der Waals surface area contributed by atoms with Crippen molar-refractivity contribution in [2.45, 2.75) is 38.8 Å². The van der Waals surface area contributed by atoms with Gasteiger partial charge in [-0.2, -0.15) is 5.10 Å². The summed E-state index contributed by atoms with van der Waals surface area (Å²) >= 11 is 0. The van der Waals surface area contributed by atoms with E-state index < -0.39 is 0 Å². The van der Waals surface area contributed by atoms with Gasteiger partial charge in [0.25, 0.3) is 0 Å². The summed E-state index contributed by atoms with van der Waals surface area (Å²) in [5.41, 5.74) is 2.01. The molecule has 0 bridgehead atoms. The first-order valence-electron chi connectivity index (χ1n) is 8.44. The molecule has 134 valence electrons. The third kappa shape index (κ3) is 3.34. The van der Waals surface area contributed by atoms with Crippen LogP contribution in [0.25, 0.3) is 0 Å². The maximum absolute atomic E-state index is 12.6. The Kier molecular flexibility index (Phi) is 4.98. The van der Waals surface area contributed by atoms with E-state index in [0.29, 0.717) is 5.95 Å². The molecule has 1 aliphatic rings. The molecule has 3 rings (SSSR count). The predicted molar refractivity (Wildman–Crippen MR) is 93.3 cm³/mol. The van der Waals surface area contributed by atoms with Gasteiger partial charge in [-0.05, 0) is 39.3 Å². The lowest BCUT2D eigenvalue weighted by Gasteiger charge is -2.29. The Hall–Kier alpha value is -2.48. The predicted octanol–water partition coefficient (Wildman–Crippen LogP) is 1.69. The van der Waals surface area contributed by atoms with E-state index in [1.54, 1.807) is 30.3 Å². The molecule has 1 fully saturated rings. The number of hydrogen-bond donors (Lipinski definition) is 1. The molecular weight excluding hydrogens is 320 g/mol. The van der Waals surface area contributed by atoms with Gasteiger partial charge in [-0.15, -0.1) is 0 Å². The van der Waals surface area contributed by atoms with Crippen molar-refractivity contribution in [1.29, 1.82) is 0 Å². The highest BCUT2D eigenvalue weighted by atomic mass is 16.5. The van der Waals surface area contributed by atoms with Gasteiger partial charge in [-0.1, -0.05) is 0 Å². The summed E-state index contributed by atoms with van der Waals surface area (Å²) in [5, 5.41) is 7.26. The van der Waals surface area contributed by atoms with Gasteiger partial charge < -0.3 is 4.74 Å². The highest BCUT2D eigenvalue weighted by Crippen LogP contribution is 2.39. The molecule has 0 aromatic carbocycles. The quantitative estimate of drug-likeness (QED) is 0.888. The highest BCUT2D eigenvalue weighted by Gasteiger charge is 2.37. The van der Waals surface area contributed by atoms with Gasteiger partial charge in [-0.3, -0.25) is 15.0 Å². The fourth-order valence-electron chi connectivity index (χ4n) is 3.57. The molecule has 8 heteroatoms. The number of ether oxygens (including phenoxy) is 1. The monoisotopic (exact) mass is 344 g/mol. The minimum Gasteiger partial charge on any atom is -0.481 e. The number of carbonyl (C=O) groups is 1. The van der Waals surface area contributed by atoms with E-state index in [2.05, 4.69) is 25.3 Å². The van der Waals surface area contributed by atoms with E-state index in [1.807, 2.05) is 20.9 Å². The molecule has 8 nitrogen and oxygen atoms in total. The number of rotatable bonds is 5. The first kappa shape index (κ1) is 17.3. The van der Waals surface area contributed by atoms with Crippen LogP contribution in [0.1, 0.15) is 37.1 Å². The van der Waals surface area contributed by atoms with Crippen LogP contribution >= 0.6 is 0 Å². The second-order valence-corrected chi connectivity index (χ2v) is 6.27.